The molecular weight excluding hydrogens is 268 g/mol. The van der Waals surface area contributed by atoms with E-state index >= 15 is 0 Å². The van der Waals surface area contributed by atoms with E-state index < -0.39 is 0 Å². The highest BCUT2D eigenvalue weighted by molar-refractivity contribution is 5.07. The molecule has 3 fully saturated rings. The monoisotopic (exact) mass is 306 g/mol. The Morgan fingerprint density at radius 2 is 1.64 bits per heavy atom. The summed E-state index contributed by atoms with van der Waals surface area (Å²) in [5, 5.41) is 9.96. The van der Waals surface area contributed by atoms with Crippen molar-refractivity contribution in [3.05, 3.63) is 0 Å². The number of aliphatic hydroxyl groups is 1. The molecule has 1 N–H and O–H groups in total. The van der Waals surface area contributed by atoms with E-state index in [-0.39, 0.29) is 0 Å². The lowest BCUT2D eigenvalue weighted by atomic mass is 9.46. The normalized spacial score (nSPS) is 51.4. The summed E-state index contributed by atoms with van der Waals surface area (Å²) in [7, 11) is 0. The van der Waals surface area contributed by atoms with Gasteiger partial charge < -0.3 is 5.11 Å². The molecule has 1 nitrogen and oxygen atoms in total. The molecule has 7 atom stereocenters. The zero-order valence-electron chi connectivity index (χ0n) is 15.4. The maximum absolute atomic E-state index is 9.96. The van der Waals surface area contributed by atoms with Crippen molar-refractivity contribution in [3.8, 4) is 0 Å². The maximum atomic E-state index is 9.96. The average molecular weight is 307 g/mol. The van der Waals surface area contributed by atoms with Gasteiger partial charge in [0.25, 0.3) is 0 Å². The van der Waals surface area contributed by atoms with Crippen LogP contribution in [0.1, 0.15) is 85.5 Å². The lowest BCUT2D eigenvalue weighted by molar-refractivity contribution is -0.109. The van der Waals surface area contributed by atoms with E-state index in [0.717, 1.165) is 23.7 Å². The number of fused-ring (bicyclic) bond motifs is 3. The van der Waals surface area contributed by atoms with Crippen LogP contribution in [0.25, 0.3) is 0 Å². The highest BCUT2D eigenvalue weighted by Crippen LogP contribution is 2.66. The SMILES string of the molecule is CCCC1(C)C2CCC3(C)C(CC)CCC3C2CC[C@H]1CO. The van der Waals surface area contributed by atoms with Crippen LogP contribution >= 0.6 is 0 Å². The number of hydrogen-bond acceptors (Lipinski definition) is 1. The van der Waals surface area contributed by atoms with E-state index in [9.17, 15) is 5.11 Å². The summed E-state index contributed by atoms with van der Waals surface area (Å²) >= 11 is 0. The molecule has 0 aliphatic heterocycles. The molecule has 0 radical (unpaired) electrons. The molecule has 128 valence electrons. The van der Waals surface area contributed by atoms with Gasteiger partial charge in [-0.3, -0.25) is 0 Å². The van der Waals surface area contributed by atoms with Gasteiger partial charge in [-0.1, -0.05) is 40.5 Å². The Bertz CT molecular complexity index is 391. The van der Waals surface area contributed by atoms with Gasteiger partial charge in [0, 0.05) is 6.61 Å². The standard InChI is InChI=1S/C21H38O/c1-5-12-20(3)16(14-22)7-9-17-18-10-8-15(6-2)21(18,4)13-11-19(17)20/h15-19,22H,5-14H2,1-4H3/t15?,16-,17?,18?,19?,20?,21?/m0/s1. The van der Waals surface area contributed by atoms with Crippen molar-refractivity contribution >= 4 is 0 Å². The smallest absolute Gasteiger partial charge is 0.0464 e. The zero-order valence-corrected chi connectivity index (χ0v) is 15.4. The van der Waals surface area contributed by atoms with Gasteiger partial charge in [-0.05, 0) is 85.4 Å². The van der Waals surface area contributed by atoms with Crippen LogP contribution in [0, 0.1) is 40.4 Å². The highest BCUT2D eigenvalue weighted by atomic mass is 16.3. The summed E-state index contributed by atoms with van der Waals surface area (Å²) in [5.74, 6) is 4.35. The van der Waals surface area contributed by atoms with Crippen molar-refractivity contribution < 1.29 is 5.11 Å². The summed E-state index contributed by atoms with van der Waals surface area (Å²) < 4.78 is 0. The van der Waals surface area contributed by atoms with Crippen molar-refractivity contribution in [2.24, 2.45) is 40.4 Å². The van der Waals surface area contributed by atoms with Crippen molar-refractivity contribution in [1.29, 1.82) is 0 Å². The number of hydrogen-bond donors (Lipinski definition) is 1. The highest BCUT2D eigenvalue weighted by Gasteiger charge is 2.58. The largest absolute Gasteiger partial charge is 0.396 e. The summed E-state index contributed by atoms with van der Waals surface area (Å²) in [4.78, 5) is 0. The molecule has 0 saturated heterocycles. The third-order valence-electron chi connectivity index (χ3n) is 8.76. The fourth-order valence-electron chi connectivity index (χ4n) is 7.54. The summed E-state index contributed by atoms with van der Waals surface area (Å²) in [6.07, 6.45) is 12.5. The molecule has 0 aromatic rings. The lowest BCUT2D eigenvalue weighted by Crippen LogP contribution is -2.52. The Morgan fingerprint density at radius 1 is 0.909 bits per heavy atom. The molecule has 0 spiro atoms. The molecule has 0 aromatic carbocycles. The minimum absolute atomic E-state index is 0.401. The predicted octanol–water partition coefficient (Wildman–Crippen LogP) is 5.66. The van der Waals surface area contributed by atoms with Gasteiger partial charge in [-0.15, -0.1) is 0 Å². The molecule has 3 rings (SSSR count). The van der Waals surface area contributed by atoms with Crippen LogP contribution in [0.3, 0.4) is 0 Å². The second-order valence-corrected chi connectivity index (χ2v) is 9.32. The molecular formula is C21H38O. The first kappa shape index (κ1) is 16.8. The summed E-state index contributed by atoms with van der Waals surface area (Å²) in [6, 6.07) is 0. The second kappa shape index (κ2) is 6.11. The summed E-state index contributed by atoms with van der Waals surface area (Å²) in [5.41, 5.74) is 1.03. The van der Waals surface area contributed by atoms with Gasteiger partial charge in [0.2, 0.25) is 0 Å². The van der Waals surface area contributed by atoms with Crippen LogP contribution in [0.5, 0.6) is 0 Å². The summed E-state index contributed by atoms with van der Waals surface area (Å²) in [6.45, 7) is 10.3. The fraction of sp³-hybridized carbons (Fsp3) is 1.00. The van der Waals surface area contributed by atoms with Crippen LogP contribution < -0.4 is 0 Å². The molecule has 3 aliphatic carbocycles. The van der Waals surface area contributed by atoms with Crippen molar-refractivity contribution in [1.82, 2.24) is 0 Å². The molecule has 3 aliphatic rings. The Hall–Kier alpha value is -0.0400. The predicted molar refractivity (Wildman–Crippen MR) is 93.7 cm³/mol. The van der Waals surface area contributed by atoms with Crippen molar-refractivity contribution in [2.45, 2.75) is 85.5 Å². The van der Waals surface area contributed by atoms with Crippen LogP contribution in [0.15, 0.2) is 0 Å². The Kier molecular flexibility index (Phi) is 4.67. The number of rotatable bonds is 4. The van der Waals surface area contributed by atoms with E-state index in [1.807, 2.05) is 0 Å². The second-order valence-electron chi connectivity index (χ2n) is 9.32. The van der Waals surface area contributed by atoms with Gasteiger partial charge in [0.1, 0.15) is 0 Å². The van der Waals surface area contributed by atoms with E-state index in [0.29, 0.717) is 23.4 Å². The fourth-order valence-corrected chi connectivity index (χ4v) is 7.54. The Labute approximate surface area is 138 Å². The first-order valence-corrected chi connectivity index (χ1v) is 10.1. The Balaban J connectivity index is 1.88. The van der Waals surface area contributed by atoms with Crippen LogP contribution in [-0.4, -0.2) is 11.7 Å². The average Bonchev–Trinajstić information content (AvgIpc) is 2.84. The third-order valence-corrected chi connectivity index (χ3v) is 8.76. The quantitative estimate of drug-likeness (QED) is 0.710. The van der Waals surface area contributed by atoms with Gasteiger partial charge in [-0.25, -0.2) is 0 Å². The van der Waals surface area contributed by atoms with Gasteiger partial charge in [0.05, 0.1) is 0 Å². The molecule has 3 saturated carbocycles. The molecule has 1 heteroatoms. The van der Waals surface area contributed by atoms with Crippen LogP contribution in [-0.2, 0) is 0 Å². The van der Waals surface area contributed by atoms with E-state index in [1.54, 1.807) is 0 Å². The topological polar surface area (TPSA) is 20.2 Å². The Morgan fingerprint density at radius 3 is 2.27 bits per heavy atom. The van der Waals surface area contributed by atoms with Crippen LogP contribution in [0.2, 0.25) is 0 Å². The first-order chi connectivity index (χ1) is 10.5. The van der Waals surface area contributed by atoms with Crippen LogP contribution in [0.4, 0.5) is 0 Å². The molecule has 6 unspecified atom stereocenters. The maximum Gasteiger partial charge on any atom is 0.0464 e. The van der Waals surface area contributed by atoms with Gasteiger partial charge >= 0.3 is 0 Å². The molecule has 0 bridgehead atoms. The van der Waals surface area contributed by atoms with Crippen molar-refractivity contribution in [2.75, 3.05) is 6.61 Å². The van der Waals surface area contributed by atoms with E-state index in [2.05, 4.69) is 27.7 Å². The molecule has 0 heterocycles. The molecule has 22 heavy (non-hydrogen) atoms. The molecule has 0 aromatic heterocycles. The minimum Gasteiger partial charge on any atom is -0.396 e. The third kappa shape index (κ3) is 2.29. The lowest BCUT2D eigenvalue weighted by Gasteiger charge is -2.59. The number of aliphatic hydroxyl groups excluding tert-OH is 1. The van der Waals surface area contributed by atoms with Crippen molar-refractivity contribution in [3.63, 3.8) is 0 Å². The molecule has 0 amide bonds. The van der Waals surface area contributed by atoms with E-state index in [1.165, 1.54) is 57.8 Å². The minimum atomic E-state index is 0.401. The van der Waals surface area contributed by atoms with E-state index in [4.69, 9.17) is 0 Å². The zero-order chi connectivity index (χ0) is 16.0. The van der Waals surface area contributed by atoms with Gasteiger partial charge in [-0.2, -0.15) is 0 Å². The van der Waals surface area contributed by atoms with Gasteiger partial charge in [0.15, 0.2) is 0 Å². The first-order valence-electron chi connectivity index (χ1n) is 10.1.